The molecule has 0 saturated heterocycles. The predicted molar refractivity (Wildman–Crippen MR) is 87.7 cm³/mol. The average molecular weight is 331 g/mol. The summed E-state index contributed by atoms with van der Waals surface area (Å²) >= 11 is 0. The van der Waals surface area contributed by atoms with Gasteiger partial charge in [-0.05, 0) is 42.0 Å². The lowest BCUT2D eigenvalue weighted by atomic mass is 10.1. The fraction of sp³-hybridized carbons (Fsp3) is 0.176. The molecular formula is C17H17NO4S. The van der Waals surface area contributed by atoms with Crippen molar-refractivity contribution in [3.63, 3.8) is 0 Å². The molecule has 1 amide bonds. The van der Waals surface area contributed by atoms with Crippen LogP contribution in [0, 0.1) is 0 Å². The van der Waals surface area contributed by atoms with Gasteiger partial charge >= 0.3 is 5.97 Å². The Hall–Kier alpha value is -2.47. The van der Waals surface area contributed by atoms with Gasteiger partial charge in [-0.2, -0.15) is 0 Å². The highest BCUT2D eigenvalue weighted by Gasteiger charge is 2.07. The fourth-order valence-electron chi connectivity index (χ4n) is 1.96. The van der Waals surface area contributed by atoms with E-state index in [-0.39, 0.29) is 5.91 Å². The summed E-state index contributed by atoms with van der Waals surface area (Å²) in [6.07, 6.45) is 1.59. The summed E-state index contributed by atoms with van der Waals surface area (Å²) in [6.45, 7) is 0.349. The van der Waals surface area contributed by atoms with Crippen LogP contribution in [0.1, 0.15) is 26.3 Å². The van der Waals surface area contributed by atoms with Crippen LogP contribution < -0.4 is 5.32 Å². The van der Waals surface area contributed by atoms with Crippen LogP contribution in [0.3, 0.4) is 0 Å². The van der Waals surface area contributed by atoms with E-state index in [1.807, 2.05) is 0 Å². The van der Waals surface area contributed by atoms with E-state index < -0.39 is 16.8 Å². The minimum Gasteiger partial charge on any atom is -0.465 e. The molecule has 120 valence electrons. The summed E-state index contributed by atoms with van der Waals surface area (Å²) in [6, 6.07) is 13.5. The Morgan fingerprint density at radius 1 is 1.00 bits per heavy atom. The second kappa shape index (κ2) is 7.69. The lowest BCUT2D eigenvalue weighted by molar-refractivity contribution is 0.0600. The molecule has 1 unspecified atom stereocenters. The first kappa shape index (κ1) is 16.9. The van der Waals surface area contributed by atoms with Crippen molar-refractivity contribution in [2.75, 3.05) is 13.4 Å². The molecule has 2 aromatic carbocycles. The van der Waals surface area contributed by atoms with Gasteiger partial charge in [0.05, 0.1) is 12.7 Å². The van der Waals surface area contributed by atoms with Crippen molar-refractivity contribution in [2.45, 2.75) is 11.4 Å². The molecule has 0 heterocycles. The molecule has 1 atom stereocenters. The molecule has 0 spiro atoms. The monoisotopic (exact) mass is 331 g/mol. The molecule has 2 rings (SSSR count). The third-order valence-electron chi connectivity index (χ3n) is 3.28. The number of methoxy groups -OCH3 is 1. The highest BCUT2D eigenvalue weighted by atomic mass is 32.2. The average Bonchev–Trinajstić information content (AvgIpc) is 2.59. The Balaban J connectivity index is 1.96. The third kappa shape index (κ3) is 4.50. The first-order valence-electron chi connectivity index (χ1n) is 6.90. The summed E-state index contributed by atoms with van der Waals surface area (Å²) in [7, 11) is 0.269. The number of hydrogen-bond donors (Lipinski definition) is 1. The molecular weight excluding hydrogens is 314 g/mol. The largest absolute Gasteiger partial charge is 0.465 e. The fourth-order valence-corrected chi connectivity index (χ4v) is 2.48. The van der Waals surface area contributed by atoms with Crippen molar-refractivity contribution in [1.82, 2.24) is 5.32 Å². The topological polar surface area (TPSA) is 72.5 Å². The van der Waals surface area contributed by atoms with Gasteiger partial charge in [-0.25, -0.2) is 4.79 Å². The standard InChI is InChI=1S/C17H17NO4S/c1-22-17(20)14-5-3-12(4-6-14)11-18-16(19)13-7-9-15(10-8-13)23(2)21/h3-10H,11H2,1-2H3,(H,18,19). The lowest BCUT2D eigenvalue weighted by Gasteiger charge is -2.07. The van der Waals surface area contributed by atoms with Crippen LogP contribution >= 0.6 is 0 Å². The maximum Gasteiger partial charge on any atom is 0.337 e. The van der Waals surface area contributed by atoms with Gasteiger partial charge in [0, 0.05) is 34.1 Å². The third-order valence-corrected chi connectivity index (χ3v) is 4.21. The summed E-state index contributed by atoms with van der Waals surface area (Å²) in [5, 5.41) is 2.80. The number of ether oxygens (including phenoxy) is 1. The number of benzene rings is 2. The maximum atomic E-state index is 12.1. The highest BCUT2D eigenvalue weighted by molar-refractivity contribution is 7.84. The van der Waals surface area contributed by atoms with E-state index in [1.165, 1.54) is 7.11 Å². The number of esters is 1. The SMILES string of the molecule is COC(=O)c1ccc(CNC(=O)c2ccc(S(C)=O)cc2)cc1. The molecule has 0 radical (unpaired) electrons. The molecule has 0 aliphatic carbocycles. The zero-order valence-corrected chi connectivity index (χ0v) is 13.7. The van der Waals surface area contributed by atoms with Crippen molar-refractivity contribution >= 4 is 22.7 Å². The normalized spacial score (nSPS) is 11.6. The Labute approximate surface area is 137 Å². The number of rotatable bonds is 5. The first-order chi connectivity index (χ1) is 11.0. The number of hydrogen-bond acceptors (Lipinski definition) is 4. The van der Waals surface area contributed by atoms with Crippen LogP contribution in [0.15, 0.2) is 53.4 Å². The van der Waals surface area contributed by atoms with E-state index >= 15 is 0 Å². The van der Waals surface area contributed by atoms with Crippen molar-refractivity contribution in [3.05, 3.63) is 65.2 Å². The Kier molecular flexibility index (Phi) is 5.65. The van der Waals surface area contributed by atoms with Crippen molar-refractivity contribution < 1.29 is 18.5 Å². The summed E-state index contributed by atoms with van der Waals surface area (Å²) in [5.74, 6) is -0.607. The molecule has 0 aliphatic rings. The van der Waals surface area contributed by atoms with E-state index in [2.05, 4.69) is 10.1 Å². The highest BCUT2D eigenvalue weighted by Crippen LogP contribution is 2.09. The molecule has 1 N–H and O–H groups in total. The van der Waals surface area contributed by atoms with Crippen molar-refractivity contribution in [3.8, 4) is 0 Å². The van der Waals surface area contributed by atoms with Gasteiger partial charge in [-0.3, -0.25) is 9.00 Å². The van der Waals surface area contributed by atoms with Crippen LogP contribution in [0.5, 0.6) is 0 Å². The van der Waals surface area contributed by atoms with Gasteiger partial charge < -0.3 is 10.1 Å². The van der Waals surface area contributed by atoms with Gasteiger partial charge in [-0.15, -0.1) is 0 Å². The number of carbonyl (C=O) groups excluding carboxylic acids is 2. The second-order valence-corrected chi connectivity index (χ2v) is 6.23. The molecule has 0 aromatic heterocycles. The summed E-state index contributed by atoms with van der Waals surface area (Å²) < 4.78 is 15.9. The van der Waals surface area contributed by atoms with E-state index in [9.17, 15) is 13.8 Å². The lowest BCUT2D eigenvalue weighted by Crippen LogP contribution is -2.22. The van der Waals surface area contributed by atoms with Crippen LogP contribution in [0.25, 0.3) is 0 Å². The molecule has 0 aliphatic heterocycles. The Bertz CT molecular complexity index is 723. The summed E-state index contributed by atoms with van der Waals surface area (Å²) in [4.78, 5) is 24.1. The van der Waals surface area contributed by atoms with Crippen LogP contribution in [-0.2, 0) is 22.1 Å². The van der Waals surface area contributed by atoms with Gasteiger partial charge in [0.25, 0.3) is 5.91 Å². The van der Waals surface area contributed by atoms with Crippen LogP contribution in [-0.4, -0.2) is 29.5 Å². The van der Waals surface area contributed by atoms with E-state index in [1.54, 1.807) is 54.8 Å². The predicted octanol–water partition coefficient (Wildman–Crippen LogP) is 2.14. The molecule has 2 aromatic rings. The van der Waals surface area contributed by atoms with E-state index in [4.69, 9.17) is 0 Å². The van der Waals surface area contributed by atoms with Crippen LogP contribution in [0.4, 0.5) is 0 Å². The van der Waals surface area contributed by atoms with Crippen molar-refractivity contribution in [2.24, 2.45) is 0 Å². The molecule has 5 nitrogen and oxygen atoms in total. The zero-order chi connectivity index (χ0) is 16.8. The molecule has 23 heavy (non-hydrogen) atoms. The number of carbonyl (C=O) groups is 2. The quantitative estimate of drug-likeness (QED) is 0.852. The molecule has 0 saturated carbocycles. The van der Waals surface area contributed by atoms with Crippen molar-refractivity contribution in [1.29, 1.82) is 0 Å². The zero-order valence-electron chi connectivity index (χ0n) is 12.9. The van der Waals surface area contributed by atoms with Crippen LogP contribution in [0.2, 0.25) is 0 Å². The Morgan fingerprint density at radius 2 is 1.57 bits per heavy atom. The van der Waals surface area contributed by atoms with Gasteiger partial charge in [0.15, 0.2) is 0 Å². The molecule has 6 heteroatoms. The smallest absolute Gasteiger partial charge is 0.337 e. The minimum atomic E-state index is -1.06. The number of nitrogens with one attached hydrogen (secondary N) is 1. The maximum absolute atomic E-state index is 12.1. The summed E-state index contributed by atoms with van der Waals surface area (Å²) in [5.41, 5.74) is 1.84. The number of amides is 1. The Morgan fingerprint density at radius 3 is 2.09 bits per heavy atom. The molecule has 0 bridgehead atoms. The first-order valence-corrected chi connectivity index (χ1v) is 8.46. The van der Waals surface area contributed by atoms with Gasteiger partial charge in [-0.1, -0.05) is 12.1 Å². The van der Waals surface area contributed by atoms with Gasteiger partial charge in [0.2, 0.25) is 0 Å². The van der Waals surface area contributed by atoms with E-state index in [0.717, 1.165) is 5.56 Å². The second-order valence-electron chi connectivity index (χ2n) is 4.85. The van der Waals surface area contributed by atoms with Gasteiger partial charge in [0.1, 0.15) is 0 Å². The minimum absolute atomic E-state index is 0.213. The van der Waals surface area contributed by atoms with E-state index in [0.29, 0.717) is 22.6 Å². The molecule has 0 fully saturated rings.